The molecule has 2 rings (SSSR count). The fourth-order valence-electron chi connectivity index (χ4n) is 1.34. The van der Waals surface area contributed by atoms with Crippen LogP contribution in [0.1, 0.15) is 17.3 Å². The van der Waals surface area contributed by atoms with E-state index in [0.29, 0.717) is 11.7 Å². The number of rotatable bonds is 4. The van der Waals surface area contributed by atoms with Gasteiger partial charge in [0.15, 0.2) is 5.82 Å². The van der Waals surface area contributed by atoms with Gasteiger partial charge in [-0.3, -0.25) is 9.48 Å². The summed E-state index contributed by atoms with van der Waals surface area (Å²) in [5, 5.41) is 10.3. The van der Waals surface area contributed by atoms with Crippen LogP contribution < -0.4 is 5.32 Å². The van der Waals surface area contributed by atoms with Crippen LogP contribution in [0, 0.1) is 13.8 Å². The quantitative estimate of drug-likeness (QED) is 0.818. The predicted molar refractivity (Wildman–Crippen MR) is 57.8 cm³/mol. The topological polar surface area (TPSA) is 85.8 Å². The van der Waals surface area contributed by atoms with Crippen molar-refractivity contribution >= 4 is 5.91 Å². The van der Waals surface area contributed by atoms with Gasteiger partial charge in [-0.15, -0.1) is 0 Å². The average molecular weight is 235 g/mol. The predicted octanol–water partition coefficient (Wildman–Crippen LogP) is 0.199. The minimum absolute atomic E-state index is 0.149. The summed E-state index contributed by atoms with van der Waals surface area (Å²) in [7, 11) is 0. The maximum atomic E-state index is 11.5. The fraction of sp³-hybridized carbons (Fsp3) is 0.400. The third-order valence-electron chi connectivity index (χ3n) is 2.07. The van der Waals surface area contributed by atoms with Crippen LogP contribution in [0.25, 0.3) is 0 Å². The largest absolute Gasteiger partial charge is 0.345 e. The third-order valence-corrected chi connectivity index (χ3v) is 2.07. The molecule has 0 aromatic carbocycles. The number of carbonyl (C=O) groups is 1. The van der Waals surface area contributed by atoms with Gasteiger partial charge >= 0.3 is 0 Å². The molecular formula is C10H13N5O2. The Balaban J connectivity index is 1.82. The van der Waals surface area contributed by atoms with Crippen molar-refractivity contribution in [3.8, 4) is 0 Å². The molecular weight excluding hydrogens is 222 g/mol. The number of hydrogen-bond acceptors (Lipinski definition) is 5. The van der Waals surface area contributed by atoms with E-state index in [1.165, 1.54) is 0 Å². The minimum atomic E-state index is -0.149. The Hall–Kier alpha value is -2.18. The summed E-state index contributed by atoms with van der Waals surface area (Å²) in [6.07, 6.45) is 3.51. The van der Waals surface area contributed by atoms with Gasteiger partial charge in [-0.25, -0.2) is 0 Å². The lowest BCUT2D eigenvalue weighted by atomic mass is 10.4. The van der Waals surface area contributed by atoms with Crippen molar-refractivity contribution < 1.29 is 9.32 Å². The second-order valence-corrected chi connectivity index (χ2v) is 3.73. The van der Waals surface area contributed by atoms with Crippen molar-refractivity contribution in [2.75, 3.05) is 0 Å². The van der Waals surface area contributed by atoms with Crippen LogP contribution in [0.5, 0.6) is 0 Å². The van der Waals surface area contributed by atoms with Gasteiger partial charge in [0.25, 0.3) is 0 Å². The lowest BCUT2D eigenvalue weighted by molar-refractivity contribution is -0.122. The number of nitrogens with one attached hydrogen (secondary N) is 1. The third kappa shape index (κ3) is 3.13. The van der Waals surface area contributed by atoms with E-state index in [1.807, 2.05) is 6.92 Å². The highest BCUT2D eigenvalue weighted by Crippen LogP contribution is 1.96. The van der Waals surface area contributed by atoms with Gasteiger partial charge in [0.05, 0.1) is 12.7 Å². The average Bonchev–Trinajstić information content (AvgIpc) is 2.85. The molecule has 1 amide bonds. The summed E-state index contributed by atoms with van der Waals surface area (Å²) in [6.45, 7) is 4.06. The number of hydrogen-bond donors (Lipinski definition) is 1. The molecule has 0 aliphatic carbocycles. The summed E-state index contributed by atoms with van der Waals surface area (Å²) in [6, 6.07) is 0. The number of aryl methyl sites for hydroxylation is 2. The molecule has 2 aromatic heterocycles. The van der Waals surface area contributed by atoms with E-state index in [0.717, 1.165) is 5.56 Å². The highest BCUT2D eigenvalue weighted by Gasteiger charge is 2.06. The van der Waals surface area contributed by atoms with E-state index < -0.39 is 0 Å². The van der Waals surface area contributed by atoms with E-state index in [-0.39, 0.29) is 19.0 Å². The fourth-order valence-corrected chi connectivity index (χ4v) is 1.34. The minimum Gasteiger partial charge on any atom is -0.345 e. The summed E-state index contributed by atoms with van der Waals surface area (Å²) in [4.78, 5) is 15.5. The zero-order valence-corrected chi connectivity index (χ0v) is 9.67. The SMILES string of the molecule is Cc1cnn(CC(=O)NCc2nc(C)no2)c1. The Morgan fingerprint density at radius 1 is 1.53 bits per heavy atom. The first-order valence-corrected chi connectivity index (χ1v) is 5.18. The molecule has 0 unspecified atom stereocenters. The van der Waals surface area contributed by atoms with E-state index in [1.54, 1.807) is 24.0 Å². The van der Waals surface area contributed by atoms with Crippen molar-refractivity contribution in [1.82, 2.24) is 25.2 Å². The summed E-state index contributed by atoms with van der Waals surface area (Å²) < 4.78 is 6.44. The molecule has 17 heavy (non-hydrogen) atoms. The number of carbonyl (C=O) groups excluding carboxylic acids is 1. The van der Waals surface area contributed by atoms with Gasteiger partial charge in [-0.05, 0) is 19.4 Å². The number of amides is 1. The summed E-state index contributed by atoms with van der Waals surface area (Å²) in [5.41, 5.74) is 1.02. The van der Waals surface area contributed by atoms with Gasteiger partial charge in [-0.2, -0.15) is 10.1 Å². The molecule has 0 aliphatic rings. The lowest BCUT2D eigenvalue weighted by Gasteiger charge is -2.02. The Morgan fingerprint density at radius 3 is 2.94 bits per heavy atom. The zero-order chi connectivity index (χ0) is 12.3. The number of aromatic nitrogens is 4. The molecule has 0 bridgehead atoms. The Morgan fingerprint density at radius 2 is 2.35 bits per heavy atom. The van der Waals surface area contributed by atoms with Gasteiger partial charge < -0.3 is 9.84 Å². The number of nitrogens with zero attached hydrogens (tertiary/aromatic N) is 4. The van der Waals surface area contributed by atoms with Crippen LogP contribution in [0.4, 0.5) is 0 Å². The van der Waals surface area contributed by atoms with E-state index in [9.17, 15) is 4.79 Å². The van der Waals surface area contributed by atoms with Crippen LogP contribution in [0.3, 0.4) is 0 Å². The first-order valence-electron chi connectivity index (χ1n) is 5.18. The van der Waals surface area contributed by atoms with Gasteiger partial charge in [-0.1, -0.05) is 5.16 Å². The van der Waals surface area contributed by atoms with Crippen LogP contribution in [-0.2, 0) is 17.9 Å². The lowest BCUT2D eigenvalue weighted by Crippen LogP contribution is -2.27. The molecule has 7 nitrogen and oxygen atoms in total. The maximum absolute atomic E-state index is 11.5. The molecule has 2 heterocycles. The molecule has 90 valence electrons. The molecule has 7 heteroatoms. The van der Waals surface area contributed by atoms with Crippen molar-refractivity contribution in [2.24, 2.45) is 0 Å². The van der Waals surface area contributed by atoms with Crippen molar-refractivity contribution in [3.63, 3.8) is 0 Å². The highest BCUT2D eigenvalue weighted by molar-refractivity contribution is 5.75. The van der Waals surface area contributed by atoms with E-state index in [2.05, 4.69) is 20.6 Å². The van der Waals surface area contributed by atoms with Crippen molar-refractivity contribution in [2.45, 2.75) is 26.9 Å². The molecule has 0 radical (unpaired) electrons. The normalized spacial score (nSPS) is 10.5. The van der Waals surface area contributed by atoms with E-state index in [4.69, 9.17) is 4.52 Å². The van der Waals surface area contributed by atoms with Crippen molar-refractivity contribution in [1.29, 1.82) is 0 Å². The molecule has 0 aliphatic heterocycles. The molecule has 2 aromatic rings. The second kappa shape index (κ2) is 4.77. The van der Waals surface area contributed by atoms with Crippen LogP contribution in [0.15, 0.2) is 16.9 Å². The molecule has 0 saturated heterocycles. The Labute approximate surface area is 97.8 Å². The zero-order valence-electron chi connectivity index (χ0n) is 9.67. The maximum Gasteiger partial charge on any atom is 0.246 e. The standard InChI is InChI=1S/C10H13N5O2/c1-7-3-12-15(5-7)6-9(16)11-4-10-13-8(2)14-17-10/h3,5H,4,6H2,1-2H3,(H,11,16). The monoisotopic (exact) mass is 235 g/mol. The Bertz CT molecular complexity index is 516. The molecule has 0 atom stereocenters. The molecule has 1 N–H and O–H groups in total. The van der Waals surface area contributed by atoms with Crippen molar-refractivity contribution in [3.05, 3.63) is 29.7 Å². The molecule has 0 saturated carbocycles. The smallest absolute Gasteiger partial charge is 0.246 e. The second-order valence-electron chi connectivity index (χ2n) is 3.73. The van der Waals surface area contributed by atoms with Crippen LogP contribution in [-0.4, -0.2) is 25.8 Å². The van der Waals surface area contributed by atoms with Gasteiger partial charge in [0.2, 0.25) is 11.8 Å². The highest BCUT2D eigenvalue weighted by atomic mass is 16.5. The summed E-state index contributed by atoms with van der Waals surface area (Å²) >= 11 is 0. The first kappa shape index (κ1) is 11.3. The Kier molecular flexibility index (Phi) is 3.17. The summed E-state index contributed by atoms with van der Waals surface area (Å²) in [5.74, 6) is 0.799. The van der Waals surface area contributed by atoms with Gasteiger partial charge in [0.1, 0.15) is 6.54 Å². The van der Waals surface area contributed by atoms with Gasteiger partial charge in [0, 0.05) is 6.20 Å². The first-order chi connectivity index (χ1) is 8.13. The van der Waals surface area contributed by atoms with E-state index >= 15 is 0 Å². The van der Waals surface area contributed by atoms with Crippen LogP contribution >= 0.6 is 0 Å². The van der Waals surface area contributed by atoms with Crippen LogP contribution in [0.2, 0.25) is 0 Å². The molecule has 0 fully saturated rings. The molecule has 0 spiro atoms.